The van der Waals surface area contributed by atoms with E-state index in [2.05, 4.69) is 42.4 Å². The second-order valence-corrected chi connectivity index (χ2v) is 8.68. The molecule has 0 unspecified atom stereocenters. The Labute approximate surface area is 215 Å². The standard InChI is InChI=1S/C22H14Br2ClN3O6/c23-14-5-7-19(34-22(30)16-3-1-2-4-18(16)25)13(9-14)11-26-27-21(29)12-33-20-8-6-15(28(31)32)10-17(20)24/h1-11H,12H2,(H,27,29). The van der Waals surface area contributed by atoms with Crippen LogP contribution >= 0.6 is 43.5 Å². The molecule has 0 aliphatic carbocycles. The molecule has 174 valence electrons. The number of nitrogens with one attached hydrogen (secondary N) is 1. The van der Waals surface area contributed by atoms with Crippen LogP contribution in [0.2, 0.25) is 5.02 Å². The van der Waals surface area contributed by atoms with Gasteiger partial charge >= 0.3 is 5.97 Å². The molecule has 3 aromatic rings. The molecule has 0 aliphatic heterocycles. The Hall–Kier alpha value is -3.28. The first-order chi connectivity index (χ1) is 16.2. The molecule has 0 radical (unpaired) electrons. The molecule has 0 saturated heterocycles. The highest BCUT2D eigenvalue weighted by atomic mass is 79.9. The summed E-state index contributed by atoms with van der Waals surface area (Å²) in [5, 5.41) is 14.9. The summed E-state index contributed by atoms with van der Waals surface area (Å²) in [6.45, 7) is -0.388. The molecule has 0 bridgehead atoms. The highest BCUT2D eigenvalue weighted by Crippen LogP contribution is 2.29. The van der Waals surface area contributed by atoms with Crippen molar-refractivity contribution in [3.8, 4) is 11.5 Å². The summed E-state index contributed by atoms with van der Waals surface area (Å²) in [6, 6.07) is 15.3. The van der Waals surface area contributed by atoms with Crippen molar-refractivity contribution in [2.75, 3.05) is 6.61 Å². The average Bonchev–Trinajstić information content (AvgIpc) is 2.80. The van der Waals surface area contributed by atoms with Gasteiger partial charge in [0.1, 0.15) is 11.5 Å². The fourth-order valence-corrected chi connectivity index (χ4v) is 3.64. The monoisotopic (exact) mass is 609 g/mol. The van der Waals surface area contributed by atoms with E-state index in [1.165, 1.54) is 24.4 Å². The van der Waals surface area contributed by atoms with Gasteiger partial charge in [0.2, 0.25) is 0 Å². The van der Waals surface area contributed by atoms with Gasteiger partial charge in [0, 0.05) is 22.2 Å². The lowest BCUT2D eigenvalue weighted by atomic mass is 10.2. The first-order valence-electron chi connectivity index (χ1n) is 9.39. The number of hydrogen-bond acceptors (Lipinski definition) is 7. The van der Waals surface area contributed by atoms with E-state index >= 15 is 0 Å². The predicted octanol–water partition coefficient (Wildman–Crippen LogP) is 5.52. The summed E-state index contributed by atoms with van der Waals surface area (Å²) in [5.41, 5.74) is 2.80. The molecule has 3 rings (SSSR count). The zero-order valence-corrected chi connectivity index (χ0v) is 21.0. The van der Waals surface area contributed by atoms with Crippen LogP contribution in [0.4, 0.5) is 5.69 Å². The normalized spacial score (nSPS) is 10.7. The number of nitro groups is 1. The molecule has 0 saturated carbocycles. The Morgan fingerprint density at radius 1 is 1.09 bits per heavy atom. The number of amides is 1. The molecule has 0 heterocycles. The fraction of sp³-hybridized carbons (Fsp3) is 0.0455. The van der Waals surface area contributed by atoms with Crippen LogP contribution in [0.3, 0.4) is 0 Å². The van der Waals surface area contributed by atoms with Gasteiger partial charge in [-0.15, -0.1) is 0 Å². The second-order valence-electron chi connectivity index (χ2n) is 6.51. The Bertz CT molecular complexity index is 1290. The maximum Gasteiger partial charge on any atom is 0.345 e. The molecule has 0 aliphatic rings. The van der Waals surface area contributed by atoms with E-state index in [4.69, 9.17) is 21.1 Å². The number of carbonyl (C=O) groups is 2. The third-order valence-electron chi connectivity index (χ3n) is 4.15. The van der Waals surface area contributed by atoms with Gasteiger partial charge in [-0.05, 0) is 52.3 Å². The maximum absolute atomic E-state index is 12.5. The molecule has 0 atom stereocenters. The number of nitrogens with zero attached hydrogens (tertiary/aromatic N) is 2. The van der Waals surface area contributed by atoms with Gasteiger partial charge in [0.25, 0.3) is 11.6 Å². The first kappa shape index (κ1) is 25.3. The SMILES string of the molecule is O=C(COc1ccc([N+](=O)[O-])cc1Br)NN=Cc1cc(Br)ccc1OC(=O)c1ccccc1Cl. The molecular weight excluding hydrogens is 598 g/mol. The van der Waals surface area contributed by atoms with Crippen LogP contribution in [-0.4, -0.2) is 29.6 Å². The highest BCUT2D eigenvalue weighted by molar-refractivity contribution is 9.10. The van der Waals surface area contributed by atoms with E-state index in [1.54, 1.807) is 42.5 Å². The second kappa shape index (κ2) is 11.7. The Kier molecular flexibility index (Phi) is 8.74. The summed E-state index contributed by atoms with van der Waals surface area (Å²) in [4.78, 5) is 34.8. The minimum absolute atomic E-state index is 0.117. The van der Waals surface area contributed by atoms with Crippen LogP contribution in [-0.2, 0) is 4.79 Å². The van der Waals surface area contributed by atoms with Crippen LogP contribution in [0, 0.1) is 10.1 Å². The summed E-state index contributed by atoms with van der Waals surface area (Å²) in [6.07, 6.45) is 1.31. The molecule has 0 fully saturated rings. The molecule has 3 aromatic carbocycles. The fourth-order valence-electron chi connectivity index (χ4n) is 2.56. The number of hydrogen-bond donors (Lipinski definition) is 1. The number of hydrazone groups is 1. The van der Waals surface area contributed by atoms with E-state index in [0.717, 1.165) is 0 Å². The van der Waals surface area contributed by atoms with Crippen molar-refractivity contribution in [3.63, 3.8) is 0 Å². The van der Waals surface area contributed by atoms with E-state index < -0.39 is 16.8 Å². The summed E-state index contributed by atoms with van der Waals surface area (Å²) < 4.78 is 11.8. The molecule has 0 spiro atoms. The van der Waals surface area contributed by atoms with Gasteiger partial charge in [-0.1, -0.05) is 39.7 Å². The van der Waals surface area contributed by atoms with Crippen molar-refractivity contribution in [1.29, 1.82) is 0 Å². The lowest BCUT2D eigenvalue weighted by Gasteiger charge is -2.09. The van der Waals surface area contributed by atoms with Crippen LogP contribution in [0.25, 0.3) is 0 Å². The molecule has 34 heavy (non-hydrogen) atoms. The molecule has 0 aromatic heterocycles. The van der Waals surface area contributed by atoms with Crippen molar-refractivity contribution in [1.82, 2.24) is 5.43 Å². The third kappa shape index (κ3) is 6.86. The summed E-state index contributed by atoms with van der Waals surface area (Å²) >= 11 is 12.5. The van der Waals surface area contributed by atoms with Crippen molar-refractivity contribution >= 4 is 67.2 Å². The van der Waals surface area contributed by atoms with E-state index in [0.29, 0.717) is 14.5 Å². The smallest absolute Gasteiger partial charge is 0.345 e. The number of non-ortho nitro benzene ring substituents is 1. The Morgan fingerprint density at radius 2 is 1.82 bits per heavy atom. The number of benzene rings is 3. The Morgan fingerprint density at radius 3 is 2.53 bits per heavy atom. The van der Waals surface area contributed by atoms with Gasteiger partial charge in [-0.3, -0.25) is 14.9 Å². The van der Waals surface area contributed by atoms with E-state index in [-0.39, 0.29) is 34.4 Å². The number of carbonyl (C=O) groups excluding carboxylic acids is 2. The predicted molar refractivity (Wildman–Crippen MR) is 133 cm³/mol. The van der Waals surface area contributed by atoms with Crippen LogP contribution in [0.5, 0.6) is 11.5 Å². The number of ether oxygens (including phenoxy) is 2. The molecule has 1 N–H and O–H groups in total. The van der Waals surface area contributed by atoms with Crippen molar-refractivity contribution < 1.29 is 24.0 Å². The van der Waals surface area contributed by atoms with Gasteiger partial charge in [-0.2, -0.15) is 5.10 Å². The summed E-state index contributed by atoms with van der Waals surface area (Å²) in [5.74, 6) is -0.762. The lowest BCUT2D eigenvalue weighted by Crippen LogP contribution is -2.24. The van der Waals surface area contributed by atoms with E-state index in [9.17, 15) is 19.7 Å². The number of rotatable bonds is 8. The maximum atomic E-state index is 12.5. The topological polar surface area (TPSA) is 120 Å². The number of esters is 1. The summed E-state index contributed by atoms with van der Waals surface area (Å²) in [7, 11) is 0. The van der Waals surface area contributed by atoms with Crippen LogP contribution in [0.1, 0.15) is 15.9 Å². The first-order valence-corrected chi connectivity index (χ1v) is 11.4. The lowest BCUT2D eigenvalue weighted by molar-refractivity contribution is -0.384. The number of nitro benzene ring substituents is 1. The third-order valence-corrected chi connectivity index (χ3v) is 5.59. The van der Waals surface area contributed by atoms with Gasteiger partial charge in [-0.25, -0.2) is 10.2 Å². The van der Waals surface area contributed by atoms with E-state index in [1.807, 2.05) is 0 Å². The minimum Gasteiger partial charge on any atom is -0.483 e. The van der Waals surface area contributed by atoms with Crippen LogP contribution in [0.15, 0.2) is 74.7 Å². The quantitative estimate of drug-likeness (QED) is 0.118. The van der Waals surface area contributed by atoms with Crippen molar-refractivity contribution in [2.24, 2.45) is 5.10 Å². The largest absolute Gasteiger partial charge is 0.483 e. The molecular formula is C22H14Br2ClN3O6. The average molecular weight is 612 g/mol. The molecule has 1 amide bonds. The van der Waals surface area contributed by atoms with Crippen molar-refractivity contribution in [2.45, 2.75) is 0 Å². The molecule has 12 heteroatoms. The minimum atomic E-state index is -0.645. The molecule has 9 nitrogen and oxygen atoms in total. The Balaban J connectivity index is 1.62. The van der Waals surface area contributed by atoms with Gasteiger partial charge in [0.05, 0.1) is 26.2 Å². The zero-order chi connectivity index (χ0) is 24.7. The van der Waals surface area contributed by atoms with Crippen molar-refractivity contribution in [3.05, 3.63) is 95.9 Å². The number of halogens is 3. The highest BCUT2D eigenvalue weighted by Gasteiger charge is 2.15. The van der Waals surface area contributed by atoms with Crippen LogP contribution < -0.4 is 14.9 Å². The van der Waals surface area contributed by atoms with Gasteiger partial charge in [0.15, 0.2) is 6.61 Å². The van der Waals surface area contributed by atoms with Gasteiger partial charge < -0.3 is 9.47 Å². The zero-order valence-electron chi connectivity index (χ0n) is 17.0.